The molecule has 1 N–H and O–H groups in total. The van der Waals surface area contributed by atoms with Crippen molar-refractivity contribution in [2.45, 2.75) is 27.2 Å². The van der Waals surface area contributed by atoms with Crippen LogP contribution in [-0.4, -0.2) is 18.4 Å². The zero-order valence-electron chi connectivity index (χ0n) is 14.1. The lowest BCUT2D eigenvalue weighted by atomic mass is 10.1. The summed E-state index contributed by atoms with van der Waals surface area (Å²) >= 11 is 6.06. The van der Waals surface area contributed by atoms with Gasteiger partial charge in [0.05, 0.1) is 0 Å². The van der Waals surface area contributed by atoms with Gasteiger partial charge in [-0.3, -0.25) is 9.59 Å². The molecule has 0 bridgehead atoms. The van der Waals surface area contributed by atoms with Crippen LogP contribution in [0.15, 0.2) is 42.5 Å². The highest BCUT2D eigenvalue weighted by molar-refractivity contribution is 6.31. The standard InChI is InChI=1S/C19H21ClN2O2/c1-4-15-6-9-17(10-7-15)22(14(3)23)12-19(24)21-16-8-5-13(2)18(20)11-16/h5-11H,4,12H2,1-3H3,(H,21,24). The predicted molar refractivity (Wildman–Crippen MR) is 98.7 cm³/mol. The third-order valence-corrected chi connectivity index (χ3v) is 4.20. The summed E-state index contributed by atoms with van der Waals surface area (Å²) in [6, 6.07) is 13.0. The molecule has 5 heteroatoms. The maximum Gasteiger partial charge on any atom is 0.244 e. The van der Waals surface area contributed by atoms with Crippen molar-refractivity contribution >= 4 is 34.8 Å². The highest BCUT2D eigenvalue weighted by atomic mass is 35.5. The number of carbonyl (C=O) groups is 2. The Hall–Kier alpha value is -2.33. The highest BCUT2D eigenvalue weighted by Gasteiger charge is 2.16. The largest absolute Gasteiger partial charge is 0.324 e. The van der Waals surface area contributed by atoms with E-state index in [2.05, 4.69) is 12.2 Å². The summed E-state index contributed by atoms with van der Waals surface area (Å²) in [5.41, 5.74) is 3.44. The van der Waals surface area contributed by atoms with E-state index in [4.69, 9.17) is 11.6 Å². The Morgan fingerprint density at radius 2 is 1.79 bits per heavy atom. The van der Waals surface area contributed by atoms with Crippen LogP contribution in [0, 0.1) is 6.92 Å². The van der Waals surface area contributed by atoms with Crippen LogP contribution in [0.4, 0.5) is 11.4 Å². The van der Waals surface area contributed by atoms with E-state index < -0.39 is 0 Å². The Kier molecular flexibility index (Phi) is 5.99. The van der Waals surface area contributed by atoms with E-state index in [1.807, 2.05) is 37.3 Å². The Morgan fingerprint density at radius 3 is 2.33 bits per heavy atom. The van der Waals surface area contributed by atoms with E-state index >= 15 is 0 Å². The van der Waals surface area contributed by atoms with Crippen molar-refractivity contribution in [1.29, 1.82) is 0 Å². The lowest BCUT2D eigenvalue weighted by Crippen LogP contribution is -2.36. The number of hydrogen-bond acceptors (Lipinski definition) is 2. The Labute approximate surface area is 147 Å². The molecule has 2 aromatic rings. The van der Waals surface area contributed by atoms with E-state index in [1.165, 1.54) is 17.4 Å². The van der Waals surface area contributed by atoms with E-state index in [-0.39, 0.29) is 18.4 Å². The van der Waals surface area contributed by atoms with Gasteiger partial charge in [0, 0.05) is 23.3 Å². The van der Waals surface area contributed by atoms with Crippen LogP contribution >= 0.6 is 11.6 Å². The number of halogens is 1. The second-order valence-electron chi connectivity index (χ2n) is 5.64. The van der Waals surface area contributed by atoms with Crippen molar-refractivity contribution in [3.05, 3.63) is 58.6 Å². The van der Waals surface area contributed by atoms with Gasteiger partial charge in [-0.15, -0.1) is 0 Å². The van der Waals surface area contributed by atoms with Gasteiger partial charge in [0.15, 0.2) is 0 Å². The number of rotatable bonds is 5. The fourth-order valence-electron chi connectivity index (χ4n) is 2.31. The van der Waals surface area contributed by atoms with Crippen LogP contribution in [0.3, 0.4) is 0 Å². The zero-order chi connectivity index (χ0) is 17.7. The van der Waals surface area contributed by atoms with Gasteiger partial charge >= 0.3 is 0 Å². The van der Waals surface area contributed by atoms with Crippen LogP contribution in [-0.2, 0) is 16.0 Å². The molecular formula is C19H21ClN2O2. The number of amides is 2. The van der Waals surface area contributed by atoms with Gasteiger partial charge in [0.2, 0.25) is 11.8 Å². The van der Waals surface area contributed by atoms with Gasteiger partial charge in [0.1, 0.15) is 6.54 Å². The number of hydrogen-bond donors (Lipinski definition) is 1. The maximum atomic E-state index is 12.3. The molecule has 0 radical (unpaired) electrons. The summed E-state index contributed by atoms with van der Waals surface area (Å²) in [4.78, 5) is 25.6. The second-order valence-corrected chi connectivity index (χ2v) is 6.04. The van der Waals surface area contributed by atoms with Gasteiger partial charge < -0.3 is 10.2 Å². The first-order chi connectivity index (χ1) is 11.4. The summed E-state index contributed by atoms with van der Waals surface area (Å²) in [7, 11) is 0. The first-order valence-corrected chi connectivity index (χ1v) is 8.21. The predicted octanol–water partition coefficient (Wildman–Crippen LogP) is 4.20. The Morgan fingerprint density at radius 1 is 1.12 bits per heavy atom. The molecule has 126 valence electrons. The minimum Gasteiger partial charge on any atom is -0.324 e. The van der Waals surface area contributed by atoms with Gasteiger partial charge in [0.25, 0.3) is 0 Å². The van der Waals surface area contributed by atoms with E-state index in [0.717, 1.165) is 12.0 Å². The average Bonchev–Trinajstić information content (AvgIpc) is 2.56. The molecule has 0 fully saturated rings. The minimum atomic E-state index is -0.273. The molecule has 0 aromatic heterocycles. The monoisotopic (exact) mass is 344 g/mol. The van der Waals surface area contributed by atoms with Crippen molar-refractivity contribution < 1.29 is 9.59 Å². The molecule has 0 unspecified atom stereocenters. The molecule has 0 atom stereocenters. The number of benzene rings is 2. The molecule has 0 spiro atoms. The molecule has 0 heterocycles. The first-order valence-electron chi connectivity index (χ1n) is 7.83. The molecule has 2 amide bonds. The lowest BCUT2D eigenvalue weighted by molar-refractivity contribution is -0.120. The van der Waals surface area contributed by atoms with Crippen LogP contribution in [0.2, 0.25) is 5.02 Å². The smallest absolute Gasteiger partial charge is 0.244 e. The Bertz CT molecular complexity index is 742. The normalized spacial score (nSPS) is 10.3. The van der Waals surface area contributed by atoms with Gasteiger partial charge in [-0.05, 0) is 48.7 Å². The molecule has 4 nitrogen and oxygen atoms in total. The summed E-state index contributed by atoms with van der Waals surface area (Å²) < 4.78 is 0. The van der Waals surface area contributed by atoms with Crippen molar-refractivity contribution in [3.8, 4) is 0 Å². The third-order valence-electron chi connectivity index (χ3n) is 3.79. The SMILES string of the molecule is CCc1ccc(N(CC(=O)Nc2ccc(C)c(Cl)c2)C(C)=O)cc1. The molecule has 24 heavy (non-hydrogen) atoms. The van der Waals surface area contributed by atoms with Crippen molar-refractivity contribution in [2.75, 3.05) is 16.8 Å². The Balaban J connectivity index is 2.10. The molecule has 0 saturated carbocycles. The van der Waals surface area contributed by atoms with E-state index in [1.54, 1.807) is 12.1 Å². The topological polar surface area (TPSA) is 49.4 Å². The van der Waals surface area contributed by atoms with Gasteiger partial charge in [-0.1, -0.05) is 36.7 Å². The number of nitrogens with one attached hydrogen (secondary N) is 1. The molecule has 0 aliphatic heterocycles. The highest BCUT2D eigenvalue weighted by Crippen LogP contribution is 2.20. The van der Waals surface area contributed by atoms with Gasteiger partial charge in [-0.25, -0.2) is 0 Å². The number of anilines is 2. The summed E-state index contributed by atoms with van der Waals surface area (Å²) in [6.07, 6.45) is 0.926. The molecule has 0 aliphatic carbocycles. The van der Waals surface area contributed by atoms with Crippen molar-refractivity contribution in [1.82, 2.24) is 0 Å². The van der Waals surface area contributed by atoms with Crippen LogP contribution < -0.4 is 10.2 Å². The van der Waals surface area contributed by atoms with Crippen LogP contribution in [0.5, 0.6) is 0 Å². The third kappa shape index (κ3) is 4.59. The quantitative estimate of drug-likeness (QED) is 0.883. The summed E-state index contributed by atoms with van der Waals surface area (Å²) in [5.74, 6) is -0.457. The average molecular weight is 345 g/mol. The van der Waals surface area contributed by atoms with E-state index in [0.29, 0.717) is 16.4 Å². The van der Waals surface area contributed by atoms with Gasteiger partial charge in [-0.2, -0.15) is 0 Å². The first kappa shape index (κ1) is 18.0. The number of aryl methyl sites for hydroxylation is 2. The maximum absolute atomic E-state index is 12.3. The fraction of sp³-hybridized carbons (Fsp3) is 0.263. The lowest BCUT2D eigenvalue weighted by Gasteiger charge is -2.21. The number of nitrogens with zero attached hydrogens (tertiary/aromatic N) is 1. The minimum absolute atomic E-state index is 0.0493. The molecular weight excluding hydrogens is 324 g/mol. The molecule has 0 saturated heterocycles. The summed E-state index contributed by atoms with van der Waals surface area (Å²) in [5, 5.41) is 3.36. The fourth-order valence-corrected chi connectivity index (χ4v) is 2.49. The van der Waals surface area contributed by atoms with Crippen LogP contribution in [0.25, 0.3) is 0 Å². The molecule has 2 rings (SSSR count). The van der Waals surface area contributed by atoms with Crippen molar-refractivity contribution in [3.63, 3.8) is 0 Å². The van der Waals surface area contributed by atoms with Crippen molar-refractivity contribution in [2.24, 2.45) is 0 Å². The zero-order valence-corrected chi connectivity index (χ0v) is 14.9. The molecule has 2 aromatic carbocycles. The summed E-state index contributed by atoms with van der Waals surface area (Å²) in [6.45, 7) is 5.36. The number of carbonyl (C=O) groups excluding carboxylic acids is 2. The second kappa shape index (κ2) is 7.97. The van der Waals surface area contributed by atoms with E-state index in [9.17, 15) is 9.59 Å². The van der Waals surface area contributed by atoms with Crippen LogP contribution in [0.1, 0.15) is 25.0 Å². The molecule has 0 aliphatic rings.